The van der Waals surface area contributed by atoms with Crippen LogP contribution in [-0.2, 0) is 11.7 Å². The van der Waals surface area contributed by atoms with E-state index in [0.29, 0.717) is 11.3 Å². The van der Waals surface area contributed by atoms with Gasteiger partial charge in [-0.1, -0.05) is 0 Å². The van der Waals surface area contributed by atoms with Crippen LogP contribution in [-0.4, -0.2) is 5.11 Å². The summed E-state index contributed by atoms with van der Waals surface area (Å²) in [5, 5.41) is 19.3. The number of phenolic OH excluding ortho intramolecular Hbond substituents is 1. The Balaban J connectivity index is 3.09. The van der Waals surface area contributed by atoms with Gasteiger partial charge in [0.05, 0.1) is 0 Å². The first-order valence-electron chi connectivity index (χ1n) is 2.89. The summed E-state index contributed by atoms with van der Waals surface area (Å²) >= 11 is 0. The molecule has 0 aliphatic heterocycles. The van der Waals surface area contributed by atoms with Crippen molar-refractivity contribution in [3.8, 4) is 5.75 Å². The van der Waals surface area contributed by atoms with Gasteiger partial charge in [0, 0.05) is 11.3 Å². The van der Waals surface area contributed by atoms with Crippen LogP contribution in [0.25, 0.3) is 0 Å². The van der Waals surface area contributed by atoms with Gasteiger partial charge in [-0.3, -0.25) is 0 Å². The summed E-state index contributed by atoms with van der Waals surface area (Å²) in [6.45, 7) is -0.434. The summed E-state index contributed by atoms with van der Waals surface area (Å²) in [5.74, 6) is 0.0178. The van der Waals surface area contributed by atoms with Crippen molar-refractivity contribution < 1.29 is 10.2 Å². The number of nitrogens with two attached hydrogens (primary N) is 1. The van der Waals surface area contributed by atoms with Crippen LogP contribution in [0.4, 0.5) is 5.69 Å². The van der Waals surface area contributed by atoms with E-state index in [2.05, 4.69) is 0 Å². The van der Waals surface area contributed by atoms with Gasteiger partial charge in [0.2, 0.25) is 0 Å². The number of hydrogen-bond acceptors (Lipinski definition) is 2. The highest BCUT2D eigenvalue weighted by Gasteiger charge is 1.98. The minimum atomic E-state index is -0.434. The SMILES string of the molecule is Nc1ccc(O)c(C[O])c1. The molecule has 1 rings (SSSR count). The maximum absolute atomic E-state index is 10.3. The minimum Gasteiger partial charge on any atom is -0.508 e. The number of anilines is 1. The van der Waals surface area contributed by atoms with Gasteiger partial charge in [-0.05, 0) is 18.2 Å². The highest BCUT2D eigenvalue weighted by Crippen LogP contribution is 2.18. The molecule has 0 spiro atoms. The number of aromatic hydroxyl groups is 1. The first-order chi connectivity index (χ1) is 4.74. The van der Waals surface area contributed by atoms with Crippen LogP contribution in [0.2, 0.25) is 0 Å². The summed E-state index contributed by atoms with van der Waals surface area (Å²) in [6.07, 6.45) is 0. The van der Waals surface area contributed by atoms with Crippen molar-refractivity contribution in [2.24, 2.45) is 0 Å². The summed E-state index contributed by atoms with van der Waals surface area (Å²) in [6, 6.07) is 4.44. The molecule has 0 atom stereocenters. The van der Waals surface area contributed by atoms with E-state index in [1.165, 1.54) is 12.1 Å². The van der Waals surface area contributed by atoms with Crippen molar-refractivity contribution in [1.82, 2.24) is 0 Å². The molecule has 0 aliphatic carbocycles. The summed E-state index contributed by atoms with van der Waals surface area (Å²) in [5.41, 5.74) is 6.20. The number of hydrogen-bond donors (Lipinski definition) is 2. The first kappa shape index (κ1) is 6.89. The van der Waals surface area contributed by atoms with Crippen LogP contribution in [0.3, 0.4) is 0 Å². The van der Waals surface area contributed by atoms with Crippen LogP contribution < -0.4 is 5.73 Å². The summed E-state index contributed by atoms with van der Waals surface area (Å²) in [7, 11) is 0. The maximum Gasteiger partial charge on any atom is 0.121 e. The second kappa shape index (κ2) is 2.58. The minimum absolute atomic E-state index is 0.0178. The van der Waals surface area contributed by atoms with Crippen molar-refractivity contribution in [1.29, 1.82) is 0 Å². The molecule has 0 fully saturated rings. The zero-order chi connectivity index (χ0) is 7.56. The highest BCUT2D eigenvalue weighted by molar-refractivity contribution is 5.46. The second-order valence-electron chi connectivity index (χ2n) is 2.03. The highest BCUT2D eigenvalue weighted by atomic mass is 16.3. The average Bonchev–Trinajstić information content (AvgIpc) is 1.94. The third kappa shape index (κ3) is 1.19. The Morgan fingerprint density at radius 1 is 1.50 bits per heavy atom. The Kier molecular flexibility index (Phi) is 1.78. The zero-order valence-corrected chi connectivity index (χ0v) is 5.37. The summed E-state index contributed by atoms with van der Waals surface area (Å²) < 4.78 is 0. The lowest BCUT2D eigenvalue weighted by Gasteiger charge is -1.99. The molecule has 53 valence electrons. The Bertz CT molecular complexity index is 235. The standard InChI is InChI=1S/C7H8NO2/c8-6-1-2-7(10)5(3-6)4-9/h1-3,10H,4,8H2. The zero-order valence-electron chi connectivity index (χ0n) is 5.37. The molecule has 1 aromatic carbocycles. The monoisotopic (exact) mass is 138 g/mol. The van der Waals surface area contributed by atoms with Gasteiger partial charge < -0.3 is 10.8 Å². The number of rotatable bonds is 1. The van der Waals surface area contributed by atoms with E-state index >= 15 is 0 Å². The van der Waals surface area contributed by atoms with E-state index in [9.17, 15) is 5.11 Å². The normalized spacial score (nSPS) is 9.70. The van der Waals surface area contributed by atoms with Crippen LogP contribution in [0.15, 0.2) is 18.2 Å². The Morgan fingerprint density at radius 3 is 2.70 bits per heavy atom. The van der Waals surface area contributed by atoms with Crippen LogP contribution >= 0.6 is 0 Å². The second-order valence-corrected chi connectivity index (χ2v) is 2.03. The molecule has 0 amide bonds. The van der Waals surface area contributed by atoms with E-state index in [-0.39, 0.29) is 5.75 Å². The Labute approximate surface area is 58.7 Å². The van der Waals surface area contributed by atoms with Crippen molar-refractivity contribution in [3.63, 3.8) is 0 Å². The quantitative estimate of drug-likeness (QED) is 0.447. The van der Waals surface area contributed by atoms with E-state index in [0.717, 1.165) is 0 Å². The fourth-order valence-electron chi connectivity index (χ4n) is 0.721. The van der Waals surface area contributed by atoms with Gasteiger partial charge in [0.15, 0.2) is 0 Å². The molecule has 1 radical (unpaired) electrons. The van der Waals surface area contributed by atoms with E-state index in [1.54, 1.807) is 6.07 Å². The summed E-state index contributed by atoms with van der Waals surface area (Å²) in [4.78, 5) is 0. The molecule has 0 heterocycles. The Hall–Kier alpha value is -1.22. The Morgan fingerprint density at radius 2 is 2.20 bits per heavy atom. The fraction of sp³-hybridized carbons (Fsp3) is 0.143. The molecule has 0 aliphatic rings. The number of phenols is 1. The molecular formula is C7H8NO2. The number of nitrogen functional groups attached to an aromatic ring is 1. The fourth-order valence-corrected chi connectivity index (χ4v) is 0.721. The van der Waals surface area contributed by atoms with Gasteiger partial charge in [0.1, 0.15) is 12.4 Å². The van der Waals surface area contributed by atoms with Gasteiger partial charge in [-0.25, -0.2) is 5.11 Å². The molecule has 0 bridgehead atoms. The molecule has 0 saturated carbocycles. The lowest BCUT2D eigenvalue weighted by molar-refractivity contribution is 0.174. The molecule has 3 nitrogen and oxygen atoms in total. The van der Waals surface area contributed by atoms with Gasteiger partial charge >= 0.3 is 0 Å². The molecule has 1 aromatic rings. The number of benzene rings is 1. The molecule has 10 heavy (non-hydrogen) atoms. The predicted molar refractivity (Wildman–Crippen MR) is 36.9 cm³/mol. The van der Waals surface area contributed by atoms with Crippen molar-refractivity contribution in [2.75, 3.05) is 5.73 Å². The largest absolute Gasteiger partial charge is 0.508 e. The van der Waals surface area contributed by atoms with Crippen molar-refractivity contribution in [2.45, 2.75) is 6.61 Å². The molecule has 0 unspecified atom stereocenters. The predicted octanol–water partition coefficient (Wildman–Crippen LogP) is 0.905. The third-order valence-corrected chi connectivity index (χ3v) is 1.26. The van der Waals surface area contributed by atoms with E-state index in [4.69, 9.17) is 10.8 Å². The van der Waals surface area contributed by atoms with Crippen LogP contribution in [0, 0.1) is 0 Å². The van der Waals surface area contributed by atoms with Crippen LogP contribution in [0.1, 0.15) is 5.56 Å². The maximum atomic E-state index is 10.3. The van der Waals surface area contributed by atoms with E-state index in [1.807, 2.05) is 0 Å². The van der Waals surface area contributed by atoms with Gasteiger partial charge in [0.25, 0.3) is 0 Å². The lowest BCUT2D eigenvalue weighted by atomic mass is 10.2. The van der Waals surface area contributed by atoms with Gasteiger partial charge in [-0.2, -0.15) is 0 Å². The van der Waals surface area contributed by atoms with Crippen molar-refractivity contribution >= 4 is 5.69 Å². The molecule has 3 heteroatoms. The lowest BCUT2D eigenvalue weighted by Crippen LogP contribution is -1.88. The molecule has 3 N–H and O–H groups in total. The topological polar surface area (TPSA) is 66.2 Å². The van der Waals surface area contributed by atoms with E-state index < -0.39 is 6.61 Å². The van der Waals surface area contributed by atoms with Crippen molar-refractivity contribution in [3.05, 3.63) is 23.8 Å². The average molecular weight is 138 g/mol. The third-order valence-electron chi connectivity index (χ3n) is 1.26. The molecular weight excluding hydrogens is 130 g/mol. The molecule has 0 saturated heterocycles. The van der Waals surface area contributed by atoms with Crippen LogP contribution in [0.5, 0.6) is 5.75 Å². The van der Waals surface area contributed by atoms with Gasteiger partial charge in [-0.15, -0.1) is 0 Å². The first-order valence-corrected chi connectivity index (χ1v) is 2.89. The molecule has 0 aromatic heterocycles. The smallest absolute Gasteiger partial charge is 0.121 e.